The van der Waals surface area contributed by atoms with Gasteiger partial charge in [0, 0.05) is 12.1 Å². The molecule has 0 radical (unpaired) electrons. The molecule has 2 amide bonds. The Morgan fingerprint density at radius 2 is 1.92 bits per heavy atom. The minimum absolute atomic E-state index is 0.00597. The molecule has 7 rings (SSSR count). The zero-order valence-corrected chi connectivity index (χ0v) is 21.9. The number of aryl methyl sites for hydroxylation is 1. The summed E-state index contributed by atoms with van der Waals surface area (Å²) >= 11 is 1.24. The van der Waals surface area contributed by atoms with Crippen molar-refractivity contribution in [2.45, 2.75) is 12.5 Å². The molecule has 1 spiro atoms. The number of thiazole rings is 1. The summed E-state index contributed by atoms with van der Waals surface area (Å²) < 4.78 is 12.3. The first-order valence-corrected chi connectivity index (χ1v) is 13.1. The first-order chi connectivity index (χ1) is 18.9. The quantitative estimate of drug-likeness (QED) is 0.295. The summed E-state index contributed by atoms with van der Waals surface area (Å²) in [4.78, 5) is 50.8. The predicted octanol–water partition coefficient (Wildman–Crippen LogP) is 5.16. The third kappa shape index (κ3) is 2.93. The average Bonchev–Trinajstić information content (AvgIpc) is 3.55. The monoisotopic (exact) mass is 535 g/mol. The number of rotatable bonds is 4. The molecule has 4 heterocycles. The van der Waals surface area contributed by atoms with Gasteiger partial charge in [-0.1, -0.05) is 47.2 Å². The summed E-state index contributed by atoms with van der Waals surface area (Å²) in [6.45, 7) is 5.89. The Hall–Kier alpha value is -4.76. The van der Waals surface area contributed by atoms with Crippen molar-refractivity contribution >= 4 is 55.2 Å². The number of methoxy groups -OCH3 is 1. The van der Waals surface area contributed by atoms with Gasteiger partial charge in [-0.2, -0.15) is 0 Å². The van der Waals surface area contributed by atoms with E-state index in [1.165, 1.54) is 16.2 Å². The maximum atomic E-state index is 14.6. The Bertz CT molecular complexity index is 1960. The SMILES string of the molecule is C=CCN1C(=O)C2(c3ccccc31)c1c(oc3ccc(C)cc3c1=O)C(=O)N2c1nc2ccc(OC)cc2s1. The highest BCUT2D eigenvalue weighted by molar-refractivity contribution is 7.22. The molecule has 0 saturated carbocycles. The smallest absolute Gasteiger partial charge is 0.297 e. The van der Waals surface area contributed by atoms with Crippen LogP contribution in [0.5, 0.6) is 5.75 Å². The number of fused-ring (bicyclic) bond motifs is 6. The molecule has 192 valence electrons. The van der Waals surface area contributed by atoms with E-state index in [0.717, 1.165) is 10.3 Å². The van der Waals surface area contributed by atoms with E-state index in [-0.39, 0.29) is 28.6 Å². The molecule has 9 heteroatoms. The summed E-state index contributed by atoms with van der Waals surface area (Å²) in [6.07, 6.45) is 1.62. The molecule has 39 heavy (non-hydrogen) atoms. The summed E-state index contributed by atoms with van der Waals surface area (Å²) in [5.74, 6) is -0.552. The largest absolute Gasteiger partial charge is 0.497 e. The fourth-order valence-corrected chi connectivity index (χ4v) is 6.75. The predicted molar refractivity (Wildman–Crippen MR) is 150 cm³/mol. The lowest BCUT2D eigenvalue weighted by Crippen LogP contribution is -2.53. The van der Waals surface area contributed by atoms with Crippen LogP contribution in [-0.2, 0) is 10.3 Å². The maximum Gasteiger partial charge on any atom is 0.297 e. The van der Waals surface area contributed by atoms with Gasteiger partial charge in [0.05, 0.1) is 34.0 Å². The molecule has 0 fully saturated rings. The van der Waals surface area contributed by atoms with Crippen molar-refractivity contribution in [3.8, 4) is 5.75 Å². The van der Waals surface area contributed by atoms with Crippen LogP contribution in [0.1, 0.15) is 27.2 Å². The Kier molecular flexibility index (Phi) is 4.86. The lowest BCUT2D eigenvalue weighted by molar-refractivity contribution is -0.121. The molecule has 0 bridgehead atoms. The number of ether oxygens (including phenoxy) is 1. The van der Waals surface area contributed by atoms with Crippen molar-refractivity contribution in [2.24, 2.45) is 0 Å². The van der Waals surface area contributed by atoms with Crippen LogP contribution in [0.2, 0.25) is 0 Å². The van der Waals surface area contributed by atoms with Crippen LogP contribution in [0, 0.1) is 6.92 Å². The molecule has 5 aromatic rings. The van der Waals surface area contributed by atoms with Crippen LogP contribution >= 0.6 is 11.3 Å². The highest BCUT2D eigenvalue weighted by atomic mass is 32.1. The van der Waals surface area contributed by atoms with Gasteiger partial charge in [-0.3, -0.25) is 19.3 Å². The Balaban J connectivity index is 1.61. The number of benzene rings is 3. The molecular weight excluding hydrogens is 514 g/mol. The number of hydrogen-bond acceptors (Lipinski definition) is 7. The molecule has 8 nitrogen and oxygen atoms in total. The first kappa shape index (κ1) is 23.4. The van der Waals surface area contributed by atoms with Crippen LogP contribution in [0.4, 0.5) is 10.8 Å². The number of anilines is 2. The van der Waals surface area contributed by atoms with E-state index >= 15 is 0 Å². The minimum atomic E-state index is -1.79. The Morgan fingerprint density at radius 3 is 2.72 bits per heavy atom. The zero-order chi connectivity index (χ0) is 27.1. The number of aromatic nitrogens is 1. The summed E-state index contributed by atoms with van der Waals surface area (Å²) in [6, 6.07) is 17.8. The minimum Gasteiger partial charge on any atom is -0.497 e. The van der Waals surface area contributed by atoms with Gasteiger partial charge in [0.2, 0.25) is 5.76 Å². The lowest BCUT2D eigenvalue weighted by Gasteiger charge is -2.32. The number of para-hydroxylation sites is 1. The van der Waals surface area contributed by atoms with E-state index < -0.39 is 22.8 Å². The van der Waals surface area contributed by atoms with E-state index in [4.69, 9.17) is 14.1 Å². The molecular formula is C30H21N3O5S. The second-order valence-corrected chi connectivity index (χ2v) is 10.5. The fourth-order valence-electron chi connectivity index (χ4n) is 5.70. The van der Waals surface area contributed by atoms with E-state index in [1.54, 1.807) is 54.5 Å². The first-order valence-electron chi connectivity index (χ1n) is 12.3. The topological polar surface area (TPSA) is 93.0 Å². The van der Waals surface area contributed by atoms with E-state index in [1.807, 2.05) is 31.2 Å². The highest BCUT2D eigenvalue weighted by Gasteiger charge is 2.66. The fraction of sp³-hybridized carbons (Fsp3) is 0.133. The summed E-state index contributed by atoms with van der Waals surface area (Å²) in [7, 11) is 1.57. The van der Waals surface area contributed by atoms with Gasteiger partial charge in [-0.15, -0.1) is 6.58 Å². The Morgan fingerprint density at radius 1 is 1.10 bits per heavy atom. The van der Waals surface area contributed by atoms with Gasteiger partial charge in [0.1, 0.15) is 11.3 Å². The van der Waals surface area contributed by atoms with Crippen molar-refractivity contribution in [2.75, 3.05) is 23.5 Å². The van der Waals surface area contributed by atoms with Crippen molar-refractivity contribution in [1.29, 1.82) is 0 Å². The average molecular weight is 536 g/mol. The normalized spacial score (nSPS) is 17.9. The summed E-state index contributed by atoms with van der Waals surface area (Å²) in [5, 5.41) is 0.585. The van der Waals surface area contributed by atoms with E-state index in [2.05, 4.69) is 6.58 Å². The number of carbonyl (C=O) groups excluding carboxylic acids is 2. The maximum absolute atomic E-state index is 14.6. The van der Waals surface area contributed by atoms with E-state index in [0.29, 0.717) is 27.9 Å². The standard InChI is InChI=1S/C30H21N3O5S/c1-4-13-32-21-8-6-5-7-19(21)30(28(32)36)24-25(34)18-14-16(2)9-12-22(18)38-26(24)27(35)33(30)29-31-20-11-10-17(37-3)15-23(20)39-29/h4-12,14-15H,1,13H2,2-3H3. The summed E-state index contributed by atoms with van der Waals surface area (Å²) in [5.41, 5.74) is 0.685. The van der Waals surface area contributed by atoms with Gasteiger partial charge in [0.15, 0.2) is 16.1 Å². The van der Waals surface area contributed by atoms with Crippen molar-refractivity contribution < 1.29 is 18.7 Å². The zero-order valence-electron chi connectivity index (χ0n) is 21.1. The third-order valence-electron chi connectivity index (χ3n) is 7.37. The van der Waals surface area contributed by atoms with Gasteiger partial charge in [-0.25, -0.2) is 4.98 Å². The number of hydrogen-bond donors (Lipinski definition) is 0. The van der Waals surface area contributed by atoms with Crippen molar-refractivity contribution in [3.63, 3.8) is 0 Å². The molecule has 1 unspecified atom stereocenters. The van der Waals surface area contributed by atoms with Gasteiger partial charge < -0.3 is 14.1 Å². The number of carbonyl (C=O) groups is 2. The number of nitrogens with zero attached hydrogens (tertiary/aromatic N) is 3. The molecule has 0 saturated heterocycles. The molecule has 2 aromatic heterocycles. The molecule has 2 aliphatic rings. The van der Waals surface area contributed by atoms with E-state index in [9.17, 15) is 14.4 Å². The lowest BCUT2D eigenvalue weighted by atomic mass is 9.84. The van der Waals surface area contributed by atoms with Crippen LogP contribution in [0.3, 0.4) is 0 Å². The molecule has 0 aliphatic carbocycles. The van der Waals surface area contributed by atoms with Gasteiger partial charge in [0.25, 0.3) is 11.8 Å². The van der Waals surface area contributed by atoms with Crippen molar-refractivity contribution in [3.05, 3.63) is 106 Å². The van der Waals surface area contributed by atoms with Crippen LogP contribution < -0.4 is 20.0 Å². The van der Waals surface area contributed by atoms with Crippen LogP contribution in [0.15, 0.2) is 82.5 Å². The molecule has 2 aliphatic heterocycles. The Labute approximate surface area is 226 Å². The van der Waals surface area contributed by atoms with Gasteiger partial charge in [-0.05, 0) is 43.3 Å². The van der Waals surface area contributed by atoms with Gasteiger partial charge >= 0.3 is 0 Å². The van der Waals surface area contributed by atoms with Crippen LogP contribution in [-0.4, -0.2) is 30.5 Å². The third-order valence-corrected chi connectivity index (χ3v) is 8.37. The van der Waals surface area contributed by atoms with Crippen molar-refractivity contribution in [1.82, 2.24) is 4.98 Å². The molecule has 0 N–H and O–H groups in total. The second kappa shape index (κ2) is 8.12. The molecule has 1 atom stereocenters. The highest BCUT2D eigenvalue weighted by Crippen LogP contribution is 2.54. The number of amides is 2. The van der Waals surface area contributed by atoms with Crippen LogP contribution in [0.25, 0.3) is 21.2 Å². The second-order valence-electron chi connectivity index (χ2n) is 9.54. The molecule has 3 aromatic carbocycles.